The third kappa shape index (κ3) is 1.83. The molecule has 0 atom stereocenters. The van der Waals surface area contributed by atoms with Crippen LogP contribution < -0.4 is 5.69 Å². The van der Waals surface area contributed by atoms with Crippen LogP contribution in [0.5, 0.6) is 0 Å². The van der Waals surface area contributed by atoms with E-state index in [4.69, 9.17) is 0 Å². The molecule has 0 aliphatic carbocycles. The number of rotatable bonds is 0. The standard InChI is InChI=1S/C12H13FN2O/c1-12(2,3)10-8-5-4-7(13)6-9(8)14-11(16)15-10/h4-6H,1-3H3,(H,14,15,16). The second-order valence-corrected chi connectivity index (χ2v) is 4.83. The van der Waals surface area contributed by atoms with Crippen LogP contribution in [0.15, 0.2) is 23.0 Å². The first kappa shape index (κ1) is 10.8. The van der Waals surface area contributed by atoms with Crippen molar-refractivity contribution in [1.82, 2.24) is 9.97 Å². The average molecular weight is 220 g/mol. The molecule has 0 bridgehead atoms. The van der Waals surface area contributed by atoms with E-state index in [1.54, 1.807) is 6.07 Å². The molecule has 1 heterocycles. The number of nitrogens with one attached hydrogen (secondary N) is 1. The summed E-state index contributed by atoms with van der Waals surface area (Å²) in [6.45, 7) is 5.96. The van der Waals surface area contributed by atoms with Crippen molar-refractivity contribution in [3.63, 3.8) is 0 Å². The van der Waals surface area contributed by atoms with Gasteiger partial charge < -0.3 is 4.98 Å². The number of aromatic amines is 1. The summed E-state index contributed by atoms with van der Waals surface area (Å²) in [7, 11) is 0. The van der Waals surface area contributed by atoms with Crippen LogP contribution in [0, 0.1) is 5.82 Å². The first-order valence-corrected chi connectivity index (χ1v) is 5.08. The highest BCUT2D eigenvalue weighted by atomic mass is 19.1. The highest BCUT2D eigenvalue weighted by Crippen LogP contribution is 2.26. The van der Waals surface area contributed by atoms with E-state index in [9.17, 15) is 9.18 Å². The van der Waals surface area contributed by atoms with E-state index in [1.807, 2.05) is 20.8 Å². The molecule has 0 radical (unpaired) electrons. The van der Waals surface area contributed by atoms with E-state index < -0.39 is 5.69 Å². The van der Waals surface area contributed by atoms with Crippen molar-refractivity contribution in [2.45, 2.75) is 26.2 Å². The number of nitrogens with zero attached hydrogens (tertiary/aromatic N) is 1. The Hall–Kier alpha value is -1.71. The van der Waals surface area contributed by atoms with Crippen molar-refractivity contribution in [1.29, 1.82) is 0 Å². The molecule has 1 aromatic carbocycles. The number of H-pyrrole nitrogens is 1. The lowest BCUT2D eigenvalue weighted by Gasteiger charge is -2.20. The van der Waals surface area contributed by atoms with E-state index in [0.717, 1.165) is 11.1 Å². The minimum Gasteiger partial charge on any atom is -0.309 e. The fourth-order valence-corrected chi connectivity index (χ4v) is 1.71. The first-order chi connectivity index (χ1) is 7.38. The number of aromatic nitrogens is 2. The lowest BCUT2D eigenvalue weighted by molar-refractivity contribution is 0.571. The summed E-state index contributed by atoms with van der Waals surface area (Å²) in [4.78, 5) is 17.9. The second kappa shape index (κ2) is 3.40. The highest BCUT2D eigenvalue weighted by molar-refractivity contribution is 5.81. The van der Waals surface area contributed by atoms with Crippen LogP contribution in [-0.4, -0.2) is 9.97 Å². The Morgan fingerprint density at radius 3 is 2.62 bits per heavy atom. The number of hydrogen-bond donors (Lipinski definition) is 1. The van der Waals surface area contributed by atoms with Crippen LogP contribution in [0.25, 0.3) is 10.9 Å². The topological polar surface area (TPSA) is 45.8 Å². The normalized spacial score (nSPS) is 12.0. The van der Waals surface area contributed by atoms with Gasteiger partial charge in [0.15, 0.2) is 0 Å². The largest absolute Gasteiger partial charge is 0.345 e. The summed E-state index contributed by atoms with van der Waals surface area (Å²) in [5, 5.41) is 0.786. The van der Waals surface area contributed by atoms with Crippen LogP contribution in [0.3, 0.4) is 0 Å². The molecular weight excluding hydrogens is 207 g/mol. The molecule has 1 aromatic heterocycles. The second-order valence-electron chi connectivity index (χ2n) is 4.83. The third-order valence-corrected chi connectivity index (χ3v) is 2.43. The summed E-state index contributed by atoms with van der Waals surface area (Å²) in [5.74, 6) is -0.384. The number of benzene rings is 1. The zero-order chi connectivity index (χ0) is 11.9. The molecule has 2 rings (SSSR count). The smallest absolute Gasteiger partial charge is 0.309 e. The van der Waals surface area contributed by atoms with Gasteiger partial charge >= 0.3 is 5.69 Å². The van der Waals surface area contributed by atoms with E-state index in [2.05, 4.69) is 9.97 Å². The quantitative estimate of drug-likeness (QED) is 0.740. The van der Waals surface area contributed by atoms with Gasteiger partial charge in [-0.25, -0.2) is 9.18 Å². The number of halogens is 1. The Balaban J connectivity index is 2.89. The zero-order valence-corrected chi connectivity index (χ0v) is 9.47. The third-order valence-electron chi connectivity index (χ3n) is 2.43. The van der Waals surface area contributed by atoms with Crippen LogP contribution in [0.2, 0.25) is 0 Å². The molecular formula is C12H13FN2O. The van der Waals surface area contributed by atoms with Crippen molar-refractivity contribution in [2.24, 2.45) is 0 Å². The fourth-order valence-electron chi connectivity index (χ4n) is 1.71. The predicted octanol–water partition coefficient (Wildman–Crippen LogP) is 2.36. The van der Waals surface area contributed by atoms with Gasteiger partial charge in [-0.15, -0.1) is 0 Å². The van der Waals surface area contributed by atoms with Crippen LogP contribution >= 0.6 is 0 Å². The van der Waals surface area contributed by atoms with Gasteiger partial charge in [0, 0.05) is 22.6 Å². The SMILES string of the molecule is CC(C)(C)c1[nH]c(=O)nc2cc(F)ccc12. The van der Waals surface area contributed by atoms with Crippen molar-refractivity contribution in [2.75, 3.05) is 0 Å². The Bertz CT molecular complexity index is 596. The molecule has 0 aliphatic rings. The zero-order valence-electron chi connectivity index (χ0n) is 9.47. The molecule has 3 nitrogen and oxygen atoms in total. The lowest BCUT2D eigenvalue weighted by Crippen LogP contribution is -2.22. The predicted molar refractivity (Wildman–Crippen MR) is 61.0 cm³/mol. The van der Waals surface area contributed by atoms with Gasteiger partial charge in [0.05, 0.1) is 5.52 Å². The molecule has 0 saturated carbocycles. The lowest BCUT2D eigenvalue weighted by atomic mass is 9.89. The summed E-state index contributed by atoms with van der Waals surface area (Å²) in [5.41, 5.74) is 0.525. The van der Waals surface area contributed by atoms with E-state index in [-0.39, 0.29) is 11.2 Å². The molecule has 0 saturated heterocycles. The highest BCUT2D eigenvalue weighted by Gasteiger charge is 2.18. The average Bonchev–Trinajstić information content (AvgIpc) is 2.14. The van der Waals surface area contributed by atoms with Gasteiger partial charge in [0.25, 0.3) is 0 Å². The molecule has 2 aromatic rings. The van der Waals surface area contributed by atoms with E-state index in [0.29, 0.717) is 5.52 Å². The maximum atomic E-state index is 13.0. The van der Waals surface area contributed by atoms with Crippen molar-refractivity contribution < 1.29 is 4.39 Å². The summed E-state index contributed by atoms with van der Waals surface area (Å²) in [6.07, 6.45) is 0. The fraction of sp³-hybridized carbons (Fsp3) is 0.333. The van der Waals surface area contributed by atoms with E-state index >= 15 is 0 Å². The Morgan fingerprint density at radius 1 is 1.31 bits per heavy atom. The monoisotopic (exact) mass is 220 g/mol. The molecule has 1 N–H and O–H groups in total. The molecule has 0 aliphatic heterocycles. The minimum absolute atomic E-state index is 0.210. The minimum atomic E-state index is -0.442. The Labute approximate surface area is 92.3 Å². The summed E-state index contributed by atoms with van der Waals surface area (Å²) < 4.78 is 13.0. The van der Waals surface area contributed by atoms with Gasteiger partial charge in [0.1, 0.15) is 5.82 Å². The van der Waals surface area contributed by atoms with Crippen LogP contribution in [-0.2, 0) is 5.41 Å². The molecule has 84 valence electrons. The van der Waals surface area contributed by atoms with Gasteiger partial charge in [-0.05, 0) is 12.1 Å². The molecule has 0 fully saturated rings. The van der Waals surface area contributed by atoms with Gasteiger partial charge in [-0.2, -0.15) is 4.98 Å². The maximum Gasteiger partial charge on any atom is 0.345 e. The molecule has 4 heteroatoms. The van der Waals surface area contributed by atoms with Crippen molar-refractivity contribution in [3.8, 4) is 0 Å². The first-order valence-electron chi connectivity index (χ1n) is 5.08. The maximum absolute atomic E-state index is 13.0. The summed E-state index contributed by atoms with van der Waals surface area (Å²) >= 11 is 0. The van der Waals surface area contributed by atoms with Crippen molar-refractivity contribution in [3.05, 3.63) is 40.2 Å². The van der Waals surface area contributed by atoms with Crippen molar-refractivity contribution >= 4 is 10.9 Å². The van der Waals surface area contributed by atoms with Gasteiger partial charge in [-0.1, -0.05) is 20.8 Å². The molecule has 0 amide bonds. The number of fused-ring (bicyclic) bond motifs is 1. The summed E-state index contributed by atoms with van der Waals surface area (Å²) in [6, 6.07) is 4.30. The van der Waals surface area contributed by atoms with Crippen LogP contribution in [0.1, 0.15) is 26.5 Å². The molecule has 16 heavy (non-hydrogen) atoms. The number of hydrogen-bond acceptors (Lipinski definition) is 2. The Morgan fingerprint density at radius 2 is 2.00 bits per heavy atom. The van der Waals surface area contributed by atoms with Gasteiger partial charge in [-0.3, -0.25) is 0 Å². The van der Waals surface area contributed by atoms with Crippen LogP contribution in [0.4, 0.5) is 4.39 Å². The van der Waals surface area contributed by atoms with Gasteiger partial charge in [0.2, 0.25) is 0 Å². The van der Waals surface area contributed by atoms with E-state index in [1.165, 1.54) is 12.1 Å². The molecule has 0 spiro atoms. The Kier molecular flexibility index (Phi) is 2.30. The molecule has 0 unspecified atom stereocenters.